The number of aryl methyl sites for hydroxylation is 2. The van der Waals surface area contributed by atoms with Gasteiger partial charge in [-0.3, -0.25) is 4.79 Å². The Hall–Kier alpha value is -2.20. The largest absolute Gasteiger partial charge is 0.322 e. The Labute approximate surface area is 175 Å². The van der Waals surface area contributed by atoms with E-state index in [9.17, 15) is 13.2 Å². The number of benzene rings is 1. The molecule has 3 rings (SSSR count). The van der Waals surface area contributed by atoms with Gasteiger partial charge in [-0.15, -0.1) is 11.3 Å². The number of carbonyl (C=O) groups is 1. The van der Waals surface area contributed by atoms with E-state index in [1.54, 1.807) is 19.9 Å². The summed E-state index contributed by atoms with van der Waals surface area (Å²) in [6.07, 6.45) is 0. The zero-order chi connectivity index (χ0) is 20.5. The zero-order valence-corrected chi connectivity index (χ0v) is 17.8. The third-order valence-corrected chi connectivity index (χ3v) is 6.36. The Morgan fingerprint density at radius 1 is 1.04 bits per heavy atom. The van der Waals surface area contributed by atoms with Crippen LogP contribution in [0.15, 0.2) is 41.3 Å². The Kier molecular flexibility index (Phi) is 5.90. The van der Waals surface area contributed by atoms with Crippen LogP contribution >= 0.6 is 34.5 Å². The maximum Gasteiger partial charge on any atom is 0.264 e. The van der Waals surface area contributed by atoms with Gasteiger partial charge in [0.15, 0.2) is 0 Å². The van der Waals surface area contributed by atoms with Gasteiger partial charge in [0.1, 0.15) is 4.34 Å². The van der Waals surface area contributed by atoms with Gasteiger partial charge in [-0.05, 0) is 50.2 Å². The molecule has 0 atom stereocenters. The smallest absolute Gasteiger partial charge is 0.264 e. The van der Waals surface area contributed by atoms with Crippen molar-refractivity contribution in [3.8, 4) is 0 Å². The number of hydrogen-bond donors (Lipinski definition) is 2. The molecule has 1 amide bonds. The molecule has 2 aromatic heterocycles. The predicted molar refractivity (Wildman–Crippen MR) is 111 cm³/mol. The van der Waals surface area contributed by atoms with Gasteiger partial charge in [0, 0.05) is 17.1 Å². The van der Waals surface area contributed by atoms with Gasteiger partial charge in [-0.25, -0.2) is 23.1 Å². The number of rotatable bonds is 5. The molecular formula is C17H14Cl2N4O3S2. The van der Waals surface area contributed by atoms with Gasteiger partial charge < -0.3 is 5.32 Å². The summed E-state index contributed by atoms with van der Waals surface area (Å²) < 4.78 is 28.1. The highest BCUT2D eigenvalue weighted by atomic mass is 35.5. The lowest BCUT2D eigenvalue weighted by Gasteiger charge is -2.09. The summed E-state index contributed by atoms with van der Waals surface area (Å²) in [7, 11) is -3.87. The third kappa shape index (κ3) is 4.79. The monoisotopic (exact) mass is 456 g/mol. The van der Waals surface area contributed by atoms with E-state index < -0.39 is 15.9 Å². The quantitative estimate of drug-likeness (QED) is 0.587. The Bertz CT molecular complexity index is 1130. The second-order valence-corrected chi connectivity index (χ2v) is 9.76. The molecule has 0 aliphatic rings. The molecule has 0 bridgehead atoms. The van der Waals surface area contributed by atoms with E-state index in [0.29, 0.717) is 21.4 Å². The van der Waals surface area contributed by atoms with Crippen LogP contribution in [0, 0.1) is 13.8 Å². The van der Waals surface area contributed by atoms with Crippen LogP contribution in [0.1, 0.15) is 21.7 Å². The van der Waals surface area contributed by atoms with Crippen molar-refractivity contribution < 1.29 is 13.2 Å². The fourth-order valence-electron chi connectivity index (χ4n) is 2.36. The molecule has 0 spiro atoms. The minimum Gasteiger partial charge on any atom is -0.322 e. The van der Waals surface area contributed by atoms with Crippen molar-refractivity contribution in [2.45, 2.75) is 18.7 Å². The SMILES string of the molecule is Cc1cc(C)nc(NS(=O)(=O)c2ccc(NC(=O)c3cc(Cl)sc3Cl)cc2)n1. The van der Waals surface area contributed by atoms with E-state index in [2.05, 4.69) is 20.0 Å². The van der Waals surface area contributed by atoms with E-state index in [1.165, 1.54) is 30.3 Å². The lowest BCUT2D eigenvalue weighted by atomic mass is 10.3. The summed E-state index contributed by atoms with van der Waals surface area (Å²) in [6.45, 7) is 3.49. The molecule has 0 aliphatic heterocycles. The van der Waals surface area contributed by atoms with Crippen LogP contribution in [-0.2, 0) is 10.0 Å². The number of anilines is 2. The topological polar surface area (TPSA) is 101 Å². The molecule has 0 fully saturated rings. The number of amides is 1. The fourth-order valence-corrected chi connectivity index (χ4v) is 4.76. The molecule has 146 valence electrons. The van der Waals surface area contributed by atoms with Crippen LogP contribution in [0.2, 0.25) is 8.67 Å². The van der Waals surface area contributed by atoms with E-state index in [4.69, 9.17) is 23.2 Å². The first-order valence-electron chi connectivity index (χ1n) is 7.85. The number of carbonyl (C=O) groups excluding carboxylic acids is 1. The van der Waals surface area contributed by atoms with Crippen molar-refractivity contribution in [1.29, 1.82) is 0 Å². The van der Waals surface area contributed by atoms with Crippen LogP contribution in [0.5, 0.6) is 0 Å². The molecule has 0 unspecified atom stereocenters. The van der Waals surface area contributed by atoms with E-state index in [0.717, 1.165) is 11.3 Å². The van der Waals surface area contributed by atoms with E-state index in [1.807, 2.05) is 0 Å². The molecule has 7 nitrogen and oxygen atoms in total. The summed E-state index contributed by atoms with van der Waals surface area (Å²) in [5.41, 5.74) is 1.96. The van der Waals surface area contributed by atoms with Crippen molar-refractivity contribution in [1.82, 2.24) is 9.97 Å². The first-order chi connectivity index (χ1) is 13.1. The fraction of sp³-hybridized carbons (Fsp3) is 0.118. The molecule has 2 heterocycles. The number of thiophene rings is 1. The average Bonchev–Trinajstić information content (AvgIpc) is 2.92. The lowest BCUT2D eigenvalue weighted by molar-refractivity contribution is 0.102. The molecule has 0 aliphatic carbocycles. The van der Waals surface area contributed by atoms with Crippen molar-refractivity contribution in [2.24, 2.45) is 0 Å². The van der Waals surface area contributed by atoms with Gasteiger partial charge in [-0.2, -0.15) is 0 Å². The molecule has 1 aromatic carbocycles. The normalized spacial score (nSPS) is 11.3. The minimum atomic E-state index is -3.87. The van der Waals surface area contributed by atoms with Gasteiger partial charge in [0.05, 0.1) is 14.8 Å². The number of aromatic nitrogens is 2. The Morgan fingerprint density at radius 2 is 1.64 bits per heavy atom. The molecule has 28 heavy (non-hydrogen) atoms. The first-order valence-corrected chi connectivity index (χ1v) is 10.9. The Balaban J connectivity index is 1.75. The van der Waals surface area contributed by atoms with Crippen molar-refractivity contribution in [3.63, 3.8) is 0 Å². The number of hydrogen-bond acceptors (Lipinski definition) is 6. The molecule has 0 saturated heterocycles. The summed E-state index contributed by atoms with van der Waals surface area (Å²) in [6, 6.07) is 8.87. The molecule has 0 radical (unpaired) electrons. The van der Waals surface area contributed by atoms with Gasteiger partial charge in [0.2, 0.25) is 5.95 Å². The number of nitrogens with one attached hydrogen (secondary N) is 2. The Morgan fingerprint density at radius 3 is 2.18 bits per heavy atom. The highest BCUT2D eigenvalue weighted by molar-refractivity contribution is 7.92. The van der Waals surface area contributed by atoms with Crippen LogP contribution in [0.3, 0.4) is 0 Å². The minimum absolute atomic E-state index is 0.00106. The van der Waals surface area contributed by atoms with Gasteiger partial charge in [0.25, 0.3) is 15.9 Å². The summed E-state index contributed by atoms with van der Waals surface area (Å²) in [5, 5.41) is 2.64. The molecular weight excluding hydrogens is 443 g/mol. The predicted octanol–water partition coefficient (Wildman–Crippen LogP) is 4.51. The maximum absolute atomic E-state index is 12.5. The molecule has 11 heteroatoms. The summed E-state index contributed by atoms with van der Waals surface area (Å²) >= 11 is 12.9. The van der Waals surface area contributed by atoms with Crippen molar-refractivity contribution >= 4 is 62.1 Å². The van der Waals surface area contributed by atoms with Crippen LogP contribution < -0.4 is 10.0 Å². The second-order valence-electron chi connectivity index (χ2n) is 5.80. The van der Waals surface area contributed by atoms with Crippen molar-refractivity contribution in [2.75, 3.05) is 10.0 Å². The van der Waals surface area contributed by atoms with Gasteiger partial charge >= 0.3 is 0 Å². The first kappa shape index (κ1) is 20.5. The standard InChI is InChI=1S/C17H14Cl2N4O3S2/c1-9-7-10(2)21-17(20-9)23-28(25,26)12-5-3-11(4-6-12)22-16(24)13-8-14(18)27-15(13)19/h3-8H,1-2H3,(H,22,24)(H,20,21,23). The number of halogens is 2. The number of sulfonamides is 1. The van der Waals surface area contributed by atoms with Crippen LogP contribution in [0.25, 0.3) is 0 Å². The average molecular weight is 457 g/mol. The third-order valence-electron chi connectivity index (χ3n) is 3.53. The van der Waals surface area contributed by atoms with Crippen molar-refractivity contribution in [3.05, 3.63) is 62.0 Å². The number of nitrogens with zero attached hydrogens (tertiary/aromatic N) is 2. The molecule has 0 saturated carbocycles. The zero-order valence-electron chi connectivity index (χ0n) is 14.7. The van der Waals surface area contributed by atoms with E-state index >= 15 is 0 Å². The van der Waals surface area contributed by atoms with Crippen LogP contribution in [-0.4, -0.2) is 24.3 Å². The van der Waals surface area contributed by atoms with Gasteiger partial charge in [-0.1, -0.05) is 23.2 Å². The highest BCUT2D eigenvalue weighted by Crippen LogP contribution is 2.31. The highest BCUT2D eigenvalue weighted by Gasteiger charge is 2.18. The summed E-state index contributed by atoms with van der Waals surface area (Å²) in [4.78, 5) is 20.4. The molecule has 2 N–H and O–H groups in total. The molecule has 3 aromatic rings. The second kappa shape index (κ2) is 8.04. The maximum atomic E-state index is 12.5. The lowest BCUT2D eigenvalue weighted by Crippen LogP contribution is -2.16. The van der Waals surface area contributed by atoms with Crippen LogP contribution in [0.4, 0.5) is 11.6 Å². The summed E-state index contributed by atoms with van der Waals surface area (Å²) in [5.74, 6) is -0.440. The van der Waals surface area contributed by atoms with E-state index in [-0.39, 0.29) is 20.7 Å².